The summed E-state index contributed by atoms with van der Waals surface area (Å²) in [5, 5.41) is 20.3. The Morgan fingerprint density at radius 3 is 1.41 bits per heavy atom. The first-order chi connectivity index (χ1) is 21.2. The van der Waals surface area contributed by atoms with Crippen LogP contribution in [0.1, 0.15) is 128 Å². The molecular formula is C43H49N3. The van der Waals surface area contributed by atoms with Gasteiger partial charge in [-0.2, -0.15) is 10.5 Å². The molecule has 0 atom stereocenters. The zero-order valence-corrected chi connectivity index (χ0v) is 29.8. The monoisotopic (exact) mass is 607 g/mol. The molecule has 3 heteroatoms. The Hall–Kier alpha value is -4.34. The van der Waals surface area contributed by atoms with Gasteiger partial charge in [0.15, 0.2) is 0 Å². The molecule has 46 heavy (non-hydrogen) atoms. The number of rotatable bonds is 3. The van der Waals surface area contributed by atoms with Crippen molar-refractivity contribution in [1.29, 1.82) is 10.5 Å². The van der Waals surface area contributed by atoms with E-state index in [1.54, 1.807) is 6.07 Å². The van der Waals surface area contributed by atoms with E-state index >= 15 is 0 Å². The second kappa shape index (κ2) is 10.9. The van der Waals surface area contributed by atoms with Crippen molar-refractivity contribution in [3.63, 3.8) is 0 Å². The summed E-state index contributed by atoms with van der Waals surface area (Å²) in [6, 6.07) is 33.4. The fourth-order valence-electron chi connectivity index (χ4n) is 7.17. The zero-order chi connectivity index (χ0) is 34.0. The minimum atomic E-state index is -0.497. The predicted octanol–water partition coefficient (Wildman–Crippen LogP) is 11.4. The molecule has 0 unspecified atom stereocenters. The number of hydrogen-bond donors (Lipinski definition) is 0. The van der Waals surface area contributed by atoms with Crippen LogP contribution in [0.15, 0.2) is 78.9 Å². The van der Waals surface area contributed by atoms with Gasteiger partial charge in [0.2, 0.25) is 0 Å². The summed E-state index contributed by atoms with van der Waals surface area (Å²) in [7, 11) is 0. The fourth-order valence-corrected chi connectivity index (χ4v) is 7.17. The largest absolute Gasteiger partial charge is 0.310 e. The lowest BCUT2D eigenvalue weighted by molar-refractivity contribution is 0.304. The molecule has 0 saturated carbocycles. The third-order valence-electron chi connectivity index (χ3n) is 10.8. The van der Waals surface area contributed by atoms with Crippen LogP contribution in [0.2, 0.25) is 0 Å². The van der Waals surface area contributed by atoms with Crippen LogP contribution in [-0.2, 0) is 27.1 Å². The van der Waals surface area contributed by atoms with Gasteiger partial charge in [-0.15, -0.1) is 0 Å². The third-order valence-corrected chi connectivity index (χ3v) is 10.8. The quantitative estimate of drug-likeness (QED) is 0.233. The van der Waals surface area contributed by atoms with Crippen LogP contribution in [-0.4, -0.2) is 0 Å². The second-order valence-corrected chi connectivity index (χ2v) is 16.7. The summed E-state index contributed by atoms with van der Waals surface area (Å²) in [6.45, 7) is 27.1. The van der Waals surface area contributed by atoms with Gasteiger partial charge in [0.05, 0.1) is 23.3 Å². The van der Waals surface area contributed by atoms with Crippen LogP contribution in [0, 0.1) is 22.7 Å². The average molecular weight is 608 g/mol. The number of anilines is 3. The third kappa shape index (κ3) is 5.31. The molecule has 0 saturated heterocycles. The van der Waals surface area contributed by atoms with E-state index < -0.39 is 5.41 Å². The molecule has 236 valence electrons. The van der Waals surface area contributed by atoms with Gasteiger partial charge in [-0.05, 0) is 104 Å². The van der Waals surface area contributed by atoms with Crippen molar-refractivity contribution in [2.75, 3.05) is 4.90 Å². The van der Waals surface area contributed by atoms with Gasteiger partial charge in [0, 0.05) is 22.5 Å². The summed E-state index contributed by atoms with van der Waals surface area (Å²) in [5.74, 6) is 0. The zero-order valence-electron chi connectivity index (χ0n) is 29.8. The maximum absolute atomic E-state index is 10.4. The first kappa shape index (κ1) is 33.0. The van der Waals surface area contributed by atoms with Gasteiger partial charge < -0.3 is 4.90 Å². The van der Waals surface area contributed by atoms with Crippen LogP contribution in [0.25, 0.3) is 0 Å². The standard InChI is InChI=1S/C43H49N3/c1-39(2,3)30-13-17-32(18-14-30)46(33-19-15-31(16-20-33)40(4,5)6)34-21-22-35-36(25-34)41(7,8)38-29(27-45)23-28(26-44)24-37(38)43(11,12)42(35,9)10/h13-25H,1-12H3. The Morgan fingerprint density at radius 1 is 0.522 bits per heavy atom. The van der Waals surface area contributed by atoms with Crippen LogP contribution < -0.4 is 4.90 Å². The van der Waals surface area contributed by atoms with Crippen molar-refractivity contribution in [1.82, 2.24) is 0 Å². The van der Waals surface area contributed by atoms with Gasteiger partial charge >= 0.3 is 0 Å². The number of nitrogens with zero attached hydrogens (tertiary/aromatic N) is 3. The Bertz CT molecular complexity index is 1820. The second-order valence-electron chi connectivity index (χ2n) is 16.7. The van der Waals surface area contributed by atoms with E-state index in [9.17, 15) is 10.5 Å². The Labute approximate surface area is 277 Å². The lowest BCUT2D eigenvalue weighted by atomic mass is 9.61. The number of fused-ring (bicyclic) bond motifs is 2. The van der Waals surface area contributed by atoms with Gasteiger partial charge in [-0.3, -0.25) is 0 Å². The molecule has 0 bridgehead atoms. The van der Waals surface area contributed by atoms with E-state index in [-0.39, 0.29) is 21.7 Å². The normalized spacial score (nSPS) is 16.3. The molecule has 0 radical (unpaired) electrons. The van der Waals surface area contributed by atoms with Crippen molar-refractivity contribution in [3.8, 4) is 12.1 Å². The summed E-state index contributed by atoms with van der Waals surface area (Å²) in [4.78, 5) is 2.35. The highest BCUT2D eigenvalue weighted by Gasteiger charge is 2.49. The summed E-state index contributed by atoms with van der Waals surface area (Å²) in [5.41, 5.74) is 10.5. The SMILES string of the molecule is CC(C)(C)c1ccc(N(c2ccc(C(C)(C)C)cc2)c2ccc3c(c2)C(C)(C)c2c(C#N)cc(C#N)cc2C(C)(C)C3(C)C)cc1. The van der Waals surface area contributed by atoms with Crippen molar-refractivity contribution >= 4 is 17.1 Å². The van der Waals surface area contributed by atoms with Crippen LogP contribution in [0.4, 0.5) is 17.1 Å². The Kier molecular flexibility index (Phi) is 7.82. The molecule has 0 amide bonds. The topological polar surface area (TPSA) is 50.8 Å². The summed E-state index contributed by atoms with van der Waals surface area (Å²) in [6.07, 6.45) is 0. The minimum Gasteiger partial charge on any atom is -0.310 e. The maximum Gasteiger partial charge on any atom is 0.0995 e. The van der Waals surface area contributed by atoms with Crippen LogP contribution >= 0.6 is 0 Å². The van der Waals surface area contributed by atoms with Crippen molar-refractivity contribution in [2.45, 2.75) is 110 Å². The lowest BCUT2D eigenvalue weighted by Crippen LogP contribution is -2.40. The van der Waals surface area contributed by atoms with E-state index in [0.29, 0.717) is 11.1 Å². The van der Waals surface area contributed by atoms with Crippen molar-refractivity contribution in [3.05, 3.63) is 123 Å². The molecule has 0 fully saturated rings. The molecule has 5 rings (SSSR count). The lowest BCUT2D eigenvalue weighted by Gasteiger charge is -2.43. The predicted molar refractivity (Wildman–Crippen MR) is 193 cm³/mol. The number of benzene rings is 4. The number of hydrogen-bond acceptors (Lipinski definition) is 3. The van der Waals surface area contributed by atoms with E-state index in [4.69, 9.17) is 0 Å². The van der Waals surface area contributed by atoms with Crippen molar-refractivity contribution in [2.24, 2.45) is 0 Å². The molecule has 0 heterocycles. The van der Waals surface area contributed by atoms with Gasteiger partial charge in [-0.25, -0.2) is 0 Å². The van der Waals surface area contributed by atoms with Crippen LogP contribution in [0.5, 0.6) is 0 Å². The fraction of sp³-hybridized carbons (Fsp3) is 0.395. The first-order valence-corrected chi connectivity index (χ1v) is 16.4. The molecule has 4 aromatic rings. The van der Waals surface area contributed by atoms with Crippen molar-refractivity contribution < 1.29 is 0 Å². The highest BCUT2D eigenvalue weighted by Crippen LogP contribution is 2.55. The Balaban J connectivity index is 1.80. The molecule has 1 aliphatic rings. The highest BCUT2D eigenvalue weighted by molar-refractivity contribution is 5.78. The minimum absolute atomic E-state index is 0.0570. The molecule has 0 aliphatic heterocycles. The Morgan fingerprint density at radius 2 is 0.978 bits per heavy atom. The van der Waals surface area contributed by atoms with E-state index in [2.05, 4.69) is 167 Å². The number of nitriles is 2. The molecule has 0 spiro atoms. The highest BCUT2D eigenvalue weighted by atomic mass is 15.1. The molecule has 0 N–H and O–H groups in total. The molecular weight excluding hydrogens is 558 g/mol. The molecule has 4 aromatic carbocycles. The van der Waals surface area contributed by atoms with Gasteiger partial charge in [0.25, 0.3) is 0 Å². The molecule has 1 aliphatic carbocycles. The van der Waals surface area contributed by atoms with Gasteiger partial charge in [0.1, 0.15) is 0 Å². The summed E-state index contributed by atoms with van der Waals surface area (Å²) >= 11 is 0. The molecule has 3 nitrogen and oxygen atoms in total. The smallest absolute Gasteiger partial charge is 0.0995 e. The van der Waals surface area contributed by atoms with E-state index in [1.807, 2.05) is 6.07 Å². The summed E-state index contributed by atoms with van der Waals surface area (Å²) < 4.78 is 0. The van der Waals surface area contributed by atoms with Crippen LogP contribution in [0.3, 0.4) is 0 Å². The first-order valence-electron chi connectivity index (χ1n) is 16.4. The van der Waals surface area contributed by atoms with E-state index in [0.717, 1.165) is 28.2 Å². The maximum atomic E-state index is 10.4. The van der Waals surface area contributed by atoms with E-state index in [1.165, 1.54) is 22.3 Å². The molecule has 0 aromatic heterocycles. The average Bonchev–Trinajstić information content (AvgIpc) is 3.02. The van der Waals surface area contributed by atoms with Gasteiger partial charge in [-0.1, -0.05) is 113 Å².